The van der Waals surface area contributed by atoms with Crippen LogP contribution in [0.2, 0.25) is 0 Å². The number of anilines is 1. The number of hydrogen-bond donors (Lipinski definition) is 2. The normalized spacial score (nSPS) is 16.1. The summed E-state index contributed by atoms with van der Waals surface area (Å²) in [6.07, 6.45) is 4.57. The maximum Gasteiger partial charge on any atom is 0.126 e. The number of pyridine rings is 1. The minimum atomic E-state index is 0.405. The smallest absolute Gasteiger partial charge is 0.126 e. The summed E-state index contributed by atoms with van der Waals surface area (Å²) in [4.78, 5) is 4.62. The highest BCUT2D eigenvalue weighted by Crippen LogP contribution is 2.21. The third kappa shape index (κ3) is 2.48. The molecule has 3 N–H and O–H groups in total. The summed E-state index contributed by atoms with van der Waals surface area (Å²) in [6, 6.07) is 4.69. The van der Waals surface area contributed by atoms with Gasteiger partial charge in [0, 0.05) is 11.7 Å². The largest absolute Gasteiger partial charge is 0.368 e. The molecule has 0 aromatic carbocycles. The second-order valence-corrected chi connectivity index (χ2v) is 4.28. The topological polar surface area (TPSA) is 50.9 Å². The van der Waals surface area contributed by atoms with Crippen LogP contribution in [0.15, 0.2) is 12.1 Å². The van der Waals surface area contributed by atoms with Gasteiger partial charge in [-0.2, -0.15) is 0 Å². The molecule has 3 nitrogen and oxygen atoms in total. The van der Waals surface area contributed by atoms with E-state index in [-0.39, 0.29) is 0 Å². The van der Waals surface area contributed by atoms with Gasteiger partial charge in [0.05, 0.1) is 0 Å². The number of hydrogen-bond acceptors (Lipinski definition) is 3. The molecule has 1 heterocycles. The van der Waals surface area contributed by atoms with Crippen molar-refractivity contribution in [2.45, 2.75) is 38.6 Å². The van der Waals surface area contributed by atoms with E-state index in [4.69, 9.17) is 5.73 Å². The van der Waals surface area contributed by atoms with E-state index < -0.39 is 0 Å². The molecule has 1 aromatic rings. The van der Waals surface area contributed by atoms with Crippen LogP contribution in [-0.4, -0.2) is 17.6 Å². The van der Waals surface area contributed by atoms with Gasteiger partial charge in [0.2, 0.25) is 0 Å². The van der Waals surface area contributed by atoms with E-state index >= 15 is 0 Å². The van der Waals surface area contributed by atoms with Crippen molar-refractivity contribution in [3.8, 4) is 0 Å². The maximum absolute atomic E-state index is 5.51. The second-order valence-electron chi connectivity index (χ2n) is 4.28. The molecule has 0 fully saturated rings. The van der Waals surface area contributed by atoms with Crippen LogP contribution >= 0.6 is 0 Å². The molecular formula is C12H19N3. The van der Waals surface area contributed by atoms with Crippen LogP contribution in [0.5, 0.6) is 0 Å². The lowest BCUT2D eigenvalue weighted by Crippen LogP contribution is -2.20. The first kappa shape index (κ1) is 10.4. The molecule has 0 bridgehead atoms. The minimum absolute atomic E-state index is 0.405. The summed E-state index contributed by atoms with van der Waals surface area (Å²) in [5.74, 6) is 0.997. The Morgan fingerprint density at radius 2 is 2.33 bits per heavy atom. The summed E-state index contributed by atoms with van der Waals surface area (Å²) in [5.41, 5.74) is 8.21. The molecule has 0 spiro atoms. The molecular weight excluding hydrogens is 186 g/mol. The van der Waals surface area contributed by atoms with E-state index in [1.807, 2.05) is 0 Å². The summed E-state index contributed by atoms with van der Waals surface area (Å²) in [6.45, 7) is 2.86. The maximum atomic E-state index is 5.51. The Balaban J connectivity index is 2.03. The molecule has 1 unspecified atom stereocenters. The fraction of sp³-hybridized carbons (Fsp3) is 0.583. The number of rotatable bonds is 4. The summed E-state index contributed by atoms with van der Waals surface area (Å²) >= 11 is 0. The van der Waals surface area contributed by atoms with E-state index in [1.165, 1.54) is 24.1 Å². The minimum Gasteiger partial charge on any atom is -0.368 e. The lowest BCUT2D eigenvalue weighted by atomic mass is 10.2. The number of aryl methyl sites for hydroxylation is 2. The molecule has 1 atom stereocenters. The van der Waals surface area contributed by atoms with Gasteiger partial charge in [-0.1, -0.05) is 6.07 Å². The zero-order valence-electron chi connectivity index (χ0n) is 9.29. The molecule has 1 aliphatic rings. The molecule has 0 aliphatic heterocycles. The third-order valence-electron chi connectivity index (χ3n) is 2.92. The number of nitrogens with zero attached hydrogens (tertiary/aromatic N) is 1. The quantitative estimate of drug-likeness (QED) is 0.787. The molecule has 0 saturated heterocycles. The van der Waals surface area contributed by atoms with Crippen molar-refractivity contribution >= 4 is 5.82 Å². The van der Waals surface area contributed by atoms with E-state index in [1.54, 1.807) is 0 Å². The van der Waals surface area contributed by atoms with Crippen molar-refractivity contribution in [1.29, 1.82) is 0 Å². The highest BCUT2D eigenvalue weighted by atomic mass is 15.0. The van der Waals surface area contributed by atoms with Crippen LogP contribution in [0.4, 0.5) is 5.82 Å². The monoisotopic (exact) mass is 205 g/mol. The van der Waals surface area contributed by atoms with Crippen LogP contribution in [-0.2, 0) is 12.8 Å². The van der Waals surface area contributed by atoms with E-state index in [0.717, 1.165) is 25.2 Å². The third-order valence-corrected chi connectivity index (χ3v) is 2.92. The zero-order chi connectivity index (χ0) is 10.7. The molecule has 0 saturated carbocycles. The van der Waals surface area contributed by atoms with Crippen molar-refractivity contribution in [2.75, 3.05) is 11.9 Å². The average molecular weight is 205 g/mol. The standard InChI is InChI=1S/C12H19N3/c1-9(7-8-13)14-12-6-5-10-3-2-4-11(10)15-12/h5-6,9H,2-4,7-8,13H2,1H3,(H,14,15). The van der Waals surface area contributed by atoms with Crippen LogP contribution < -0.4 is 11.1 Å². The summed E-state index contributed by atoms with van der Waals surface area (Å²) in [7, 11) is 0. The molecule has 15 heavy (non-hydrogen) atoms. The molecule has 2 rings (SSSR count). The van der Waals surface area contributed by atoms with Crippen molar-refractivity contribution in [3.05, 3.63) is 23.4 Å². The fourth-order valence-corrected chi connectivity index (χ4v) is 2.08. The first-order chi connectivity index (χ1) is 7.29. The average Bonchev–Trinajstić information content (AvgIpc) is 2.65. The Morgan fingerprint density at radius 3 is 3.13 bits per heavy atom. The zero-order valence-corrected chi connectivity index (χ0v) is 9.29. The molecule has 1 aliphatic carbocycles. The number of fused-ring (bicyclic) bond motifs is 1. The van der Waals surface area contributed by atoms with E-state index in [2.05, 4.69) is 29.4 Å². The number of aromatic nitrogens is 1. The lowest BCUT2D eigenvalue weighted by Gasteiger charge is -2.14. The Bertz CT molecular complexity index is 336. The van der Waals surface area contributed by atoms with Gasteiger partial charge in [-0.15, -0.1) is 0 Å². The van der Waals surface area contributed by atoms with Crippen molar-refractivity contribution in [3.63, 3.8) is 0 Å². The van der Waals surface area contributed by atoms with Crippen LogP contribution in [0, 0.1) is 0 Å². The Morgan fingerprint density at radius 1 is 1.47 bits per heavy atom. The Kier molecular flexibility index (Phi) is 3.21. The van der Waals surface area contributed by atoms with E-state index in [9.17, 15) is 0 Å². The van der Waals surface area contributed by atoms with Crippen LogP contribution in [0.25, 0.3) is 0 Å². The fourth-order valence-electron chi connectivity index (χ4n) is 2.08. The van der Waals surface area contributed by atoms with Gasteiger partial charge < -0.3 is 11.1 Å². The van der Waals surface area contributed by atoms with Gasteiger partial charge in [-0.05, 0) is 50.8 Å². The van der Waals surface area contributed by atoms with Crippen molar-refractivity contribution in [1.82, 2.24) is 4.98 Å². The molecule has 0 radical (unpaired) electrons. The van der Waals surface area contributed by atoms with Gasteiger partial charge >= 0.3 is 0 Å². The Hall–Kier alpha value is -1.09. The SMILES string of the molecule is CC(CCN)Nc1ccc2c(n1)CCC2. The Labute approximate surface area is 91.1 Å². The van der Waals surface area contributed by atoms with Gasteiger partial charge in [-0.3, -0.25) is 0 Å². The first-order valence-electron chi connectivity index (χ1n) is 5.75. The van der Waals surface area contributed by atoms with Crippen molar-refractivity contribution < 1.29 is 0 Å². The predicted octanol–water partition coefficient (Wildman–Crippen LogP) is 1.72. The predicted molar refractivity (Wildman–Crippen MR) is 63.0 cm³/mol. The second kappa shape index (κ2) is 4.62. The molecule has 0 amide bonds. The number of nitrogens with one attached hydrogen (secondary N) is 1. The van der Waals surface area contributed by atoms with Crippen LogP contribution in [0.1, 0.15) is 31.0 Å². The van der Waals surface area contributed by atoms with E-state index in [0.29, 0.717) is 6.04 Å². The van der Waals surface area contributed by atoms with Gasteiger partial charge in [0.15, 0.2) is 0 Å². The van der Waals surface area contributed by atoms with Crippen molar-refractivity contribution in [2.24, 2.45) is 5.73 Å². The lowest BCUT2D eigenvalue weighted by molar-refractivity contribution is 0.712. The highest BCUT2D eigenvalue weighted by Gasteiger charge is 2.12. The molecule has 1 aromatic heterocycles. The summed E-state index contributed by atoms with van der Waals surface area (Å²) < 4.78 is 0. The molecule has 82 valence electrons. The highest BCUT2D eigenvalue weighted by molar-refractivity contribution is 5.41. The van der Waals surface area contributed by atoms with Crippen LogP contribution in [0.3, 0.4) is 0 Å². The first-order valence-corrected chi connectivity index (χ1v) is 5.75. The number of nitrogens with two attached hydrogens (primary N) is 1. The molecule has 3 heteroatoms. The van der Waals surface area contributed by atoms with Gasteiger partial charge in [0.25, 0.3) is 0 Å². The van der Waals surface area contributed by atoms with Gasteiger partial charge in [-0.25, -0.2) is 4.98 Å². The van der Waals surface area contributed by atoms with Gasteiger partial charge in [0.1, 0.15) is 5.82 Å². The summed E-state index contributed by atoms with van der Waals surface area (Å²) in [5, 5.41) is 3.38.